The highest BCUT2D eigenvalue weighted by molar-refractivity contribution is 6.31. The molecule has 4 rings (SSSR count). The van der Waals surface area contributed by atoms with E-state index in [1.54, 1.807) is 36.4 Å². The standard InChI is InChI=1S/C20H12ClFN2O3/c21-13-6-4-12(5-7-13)18-9-8-16(27-18)11-17-19(25)23-24(20(17)26)15-3-1-2-14(22)10-15/h1-11H,(H,23,25)/b17-11-. The van der Waals surface area contributed by atoms with Crippen molar-refractivity contribution in [2.24, 2.45) is 0 Å². The van der Waals surface area contributed by atoms with E-state index >= 15 is 0 Å². The molecule has 0 atom stereocenters. The number of carbonyl (C=O) groups excluding carboxylic acids is 2. The Bertz CT molecular complexity index is 1070. The summed E-state index contributed by atoms with van der Waals surface area (Å²) < 4.78 is 19.1. The third kappa shape index (κ3) is 3.35. The van der Waals surface area contributed by atoms with Crippen molar-refractivity contribution in [3.8, 4) is 11.3 Å². The molecule has 7 heteroatoms. The first kappa shape index (κ1) is 17.1. The van der Waals surface area contributed by atoms with Gasteiger partial charge in [0.15, 0.2) is 0 Å². The lowest BCUT2D eigenvalue weighted by Gasteiger charge is -2.14. The Morgan fingerprint density at radius 3 is 2.56 bits per heavy atom. The molecule has 1 aliphatic rings. The van der Waals surface area contributed by atoms with Crippen molar-refractivity contribution < 1.29 is 18.4 Å². The van der Waals surface area contributed by atoms with E-state index in [0.29, 0.717) is 16.5 Å². The van der Waals surface area contributed by atoms with Crippen molar-refractivity contribution in [2.75, 3.05) is 5.01 Å². The topological polar surface area (TPSA) is 62.6 Å². The van der Waals surface area contributed by atoms with Crippen LogP contribution in [0.3, 0.4) is 0 Å². The van der Waals surface area contributed by atoms with Gasteiger partial charge in [-0.25, -0.2) is 9.40 Å². The zero-order valence-electron chi connectivity index (χ0n) is 13.8. The molecule has 1 fully saturated rings. The van der Waals surface area contributed by atoms with Gasteiger partial charge in [0, 0.05) is 10.6 Å². The van der Waals surface area contributed by atoms with Gasteiger partial charge in [-0.1, -0.05) is 17.7 Å². The first-order valence-electron chi connectivity index (χ1n) is 8.00. The number of hydrogen-bond donors (Lipinski definition) is 1. The average molecular weight is 383 g/mol. The van der Waals surface area contributed by atoms with Crippen LogP contribution in [-0.4, -0.2) is 11.8 Å². The quantitative estimate of drug-likeness (QED) is 0.545. The number of rotatable bonds is 3. The maximum absolute atomic E-state index is 13.4. The maximum atomic E-state index is 13.4. The fraction of sp³-hybridized carbons (Fsp3) is 0. The molecule has 0 unspecified atom stereocenters. The van der Waals surface area contributed by atoms with Crippen LogP contribution in [0.2, 0.25) is 5.02 Å². The number of hydrogen-bond acceptors (Lipinski definition) is 3. The Morgan fingerprint density at radius 1 is 1.04 bits per heavy atom. The third-order valence-electron chi connectivity index (χ3n) is 4.00. The average Bonchev–Trinajstić information content (AvgIpc) is 3.23. The zero-order valence-corrected chi connectivity index (χ0v) is 14.5. The Hall–Kier alpha value is -3.38. The molecule has 1 aliphatic heterocycles. The Kier molecular flexibility index (Phi) is 4.25. The number of anilines is 1. The summed E-state index contributed by atoms with van der Waals surface area (Å²) in [5.74, 6) is -0.764. The molecule has 134 valence electrons. The van der Waals surface area contributed by atoms with Crippen LogP contribution in [-0.2, 0) is 9.59 Å². The summed E-state index contributed by atoms with van der Waals surface area (Å²) in [5, 5.41) is 1.61. The Labute approximate surface area is 158 Å². The fourth-order valence-electron chi connectivity index (χ4n) is 2.70. The second kappa shape index (κ2) is 6.74. The fourth-order valence-corrected chi connectivity index (χ4v) is 2.82. The minimum Gasteiger partial charge on any atom is -0.457 e. The van der Waals surface area contributed by atoms with Crippen LogP contribution < -0.4 is 10.4 Å². The van der Waals surface area contributed by atoms with E-state index < -0.39 is 17.6 Å². The first-order chi connectivity index (χ1) is 13.0. The molecule has 3 aromatic rings. The predicted octanol–water partition coefficient (Wildman–Crippen LogP) is 4.20. The van der Waals surface area contributed by atoms with Crippen molar-refractivity contribution in [2.45, 2.75) is 0 Å². The van der Waals surface area contributed by atoms with Crippen molar-refractivity contribution in [1.82, 2.24) is 5.43 Å². The van der Waals surface area contributed by atoms with E-state index in [-0.39, 0.29) is 11.3 Å². The predicted molar refractivity (Wildman–Crippen MR) is 99.2 cm³/mol. The summed E-state index contributed by atoms with van der Waals surface area (Å²) in [6.07, 6.45) is 1.36. The molecule has 27 heavy (non-hydrogen) atoms. The maximum Gasteiger partial charge on any atom is 0.282 e. The summed E-state index contributed by atoms with van der Waals surface area (Å²) >= 11 is 5.87. The molecule has 1 N–H and O–H groups in total. The number of nitrogens with one attached hydrogen (secondary N) is 1. The molecular weight excluding hydrogens is 371 g/mol. The number of hydrazine groups is 1. The van der Waals surface area contributed by atoms with Gasteiger partial charge in [0.05, 0.1) is 5.69 Å². The Balaban J connectivity index is 1.61. The minimum absolute atomic E-state index is 0.101. The summed E-state index contributed by atoms with van der Waals surface area (Å²) in [7, 11) is 0. The number of benzene rings is 2. The largest absolute Gasteiger partial charge is 0.457 e. The van der Waals surface area contributed by atoms with Gasteiger partial charge in [-0.2, -0.15) is 0 Å². The van der Waals surface area contributed by atoms with Gasteiger partial charge in [-0.3, -0.25) is 15.0 Å². The summed E-state index contributed by atoms with van der Waals surface area (Å²) in [4.78, 5) is 24.7. The molecule has 0 bridgehead atoms. The van der Waals surface area contributed by atoms with E-state index in [2.05, 4.69) is 5.43 Å². The van der Waals surface area contributed by atoms with Crippen LogP contribution in [0, 0.1) is 5.82 Å². The minimum atomic E-state index is -0.589. The number of amides is 2. The van der Waals surface area contributed by atoms with E-state index in [1.165, 1.54) is 24.3 Å². The highest BCUT2D eigenvalue weighted by atomic mass is 35.5. The zero-order chi connectivity index (χ0) is 19.0. The highest BCUT2D eigenvalue weighted by Gasteiger charge is 2.34. The summed E-state index contributed by atoms with van der Waals surface area (Å²) in [6, 6.07) is 15.9. The molecule has 1 saturated heterocycles. The van der Waals surface area contributed by atoms with Gasteiger partial charge in [0.2, 0.25) is 0 Å². The number of nitrogens with zero attached hydrogens (tertiary/aromatic N) is 1. The number of carbonyl (C=O) groups is 2. The molecule has 2 amide bonds. The van der Waals surface area contributed by atoms with Crippen LogP contribution in [0.4, 0.5) is 10.1 Å². The molecule has 1 aromatic heterocycles. The lowest BCUT2D eigenvalue weighted by atomic mass is 10.2. The monoisotopic (exact) mass is 382 g/mol. The van der Waals surface area contributed by atoms with Crippen LogP contribution in [0.25, 0.3) is 17.4 Å². The van der Waals surface area contributed by atoms with Gasteiger partial charge in [-0.05, 0) is 60.7 Å². The SMILES string of the molecule is O=C1NN(c2cccc(F)c2)C(=O)/C1=C\c1ccc(-c2ccc(Cl)cc2)o1. The summed E-state index contributed by atoms with van der Waals surface area (Å²) in [5.41, 5.74) is 3.36. The van der Waals surface area contributed by atoms with Gasteiger partial charge in [0.1, 0.15) is 22.9 Å². The molecule has 5 nitrogen and oxygen atoms in total. The van der Waals surface area contributed by atoms with Gasteiger partial charge >= 0.3 is 0 Å². The van der Waals surface area contributed by atoms with E-state index in [9.17, 15) is 14.0 Å². The smallest absolute Gasteiger partial charge is 0.282 e. The van der Waals surface area contributed by atoms with Crippen molar-refractivity contribution in [3.05, 3.63) is 82.8 Å². The second-order valence-corrected chi connectivity index (χ2v) is 6.26. The van der Waals surface area contributed by atoms with Crippen LogP contribution >= 0.6 is 11.6 Å². The van der Waals surface area contributed by atoms with E-state index in [0.717, 1.165) is 16.6 Å². The third-order valence-corrected chi connectivity index (χ3v) is 4.25. The van der Waals surface area contributed by atoms with Crippen molar-refractivity contribution in [3.63, 3.8) is 0 Å². The van der Waals surface area contributed by atoms with E-state index in [4.69, 9.17) is 16.0 Å². The Morgan fingerprint density at radius 2 is 1.81 bits per heavy atom. The van der Waals surface area contributed by atoms with Gasteiger partial charge in [0.25, 0.3) is 11.8 Å². The first-order valence-corrected chi connectivity index (χ1v) is 8.37. The van der Waals surface area contributed by atoms with Crippen LogP contribution in [0.5, 0.6) is 0 Å². The highest BCUT2D eigenvalue weighted by Crippen LogP contribution is 2.26. The molecule has 0 radical (unpaired) electrons. The molecule has 0 aliphatic carbocycles. The lowest BCUT2D eigenvalue weighted by molar-refractivity contribution is -0.117. The van der Waals surface area contributed by atoms with Crippen LogP contribution in [0.1, 0.15) is 5.76 Å². The molecule has 2 aromatic carbocycles. The van der Waals surface area contributed by atoms with Gasteiger partial charge in [-0.15, -0.1) is 0 Å². The molecule has 0 spiro atoms. The molecular formula is C20H12ClFN2O3. The number of furan rings is 1. The number of halogens is 2. The second-order valence-electron chi connectivity index (χ2n) is 5.83. The van der Waals surface area contributed by atoms with Gasteiger partial charge < -0.3 is 4.42 Å². The summed E-state index contributed by atoms with van der Waals surface area (Å²) in [6.45, 7) is 0. The normalized spacial score (nSPS) is 15.5. The van der Waals surface area contributed by atoms with Crippen LogP contribution in [0.15, 0.2) is 70.7 Å². The van der Waals surface area contributed by atoms with E-state index in [1.807, 2.05) is 0 Å². The van der Waals surface area contributed by atoms with Crippen molar-refractivity contribution >= 4 is 35.2 Å². The molecule has 0 saturated carbocycles. The lowest BCUT2D eigenvalue weighted by Crippen LogP contribution is -2.35. The molecule has 2 heterocycles. The van der Waals surface area contributed by atoms with Crippen molar-refractivity contribution in [1.29, 1.82) is 0 Å².